The van der Waals surface area contributed by atoms with Gasteiger partial charge < -0.3 is 4.74 Å². The predicted molar refractivity (Wildman–Crippen MR) is 73.4 cm³/mol. The summed E-state index contributed by atoms with van der Waals surface area (Å²) >= 11 is 5.77. The highest BCUT2D eigenvalue weighted by Crippen LogP contribution is 2.25. The molecule has 0 spiro atoms. The largest absolute Gasteiger partial charge is 0.444 e. The molecule has 0 saturated heterocycles. The highest BCUT2D eigenvalue weighted by Gasteiger charge is 2.33. The van der Waals surface area contributed by atoms with Gasteiger partial charge in [-0.2, -0.15) is 5.10 Å². The Morgan fingerprint density at radius 2 is 2.15 bits per heavy atom. The molecular formula is C13H15ClN4O2. The van der Waals surface area contributed by atoms with Crippen LogP contribution in [0.15, 0.2) is 31.0 Å². The van der Waals surface area contributed by atoms with Crippen molar-refractivity contribution in [1.29, 1.82) is 0 Å². The molecule has 0 radical (unpaired) electrons. The van der Waals surface area contributed by atoms with Crippen molar-refractivity contribution < 1.29 is 9.53 Å². The van der Waals surface area contributed by atoms with Crippen molar-refractivity contribution >= 4 is 17.4 Å². The molecule has 7 heteroatoms. The summed E-state index contributed by atoms with van der Waals surface area (Å²) in [5.41, 5.74) is -0.580. The van der Waals surface area contributed by atoms with Crippen molar-refractivity contribution in [2.24, 2.45) is 5.41 Å². The van der Waals surface area contributed by atoms with Gasteiger partial charge >= 0.3 is 0 Å². The topological polar surface area (TPSA) is 69.9 Å². The van der Waals surface area contributed by atoms with Crippen LogP contribution < -0.4 is 4.74 Å². The van der Waals surface area contributed by atoms with E-state index in [1.165, 1.54) is 23.5 Å². The molecule has 0 bridgehead atoms. The first-order valence-corrected chi connectivity index (χ1v) is 6.42. The van der Waals surface area contributed by atoms with Crippen LogP contribution in [0.25, 0.3) is 0 Å². The zero-order chi connectivity index (χ0) is 14.8. The van der Waals surface area contributed by atoms with Gasteiger partial charge in [0.15, 0.2) is 0 Å². The molecule has 0 aliphatic heterocycles. The molecule has 20 heavy (non-hydrogen) atoms. The molecule has 0 saturated carbocycles. The van der Waals surface area contributed by atoms with Gasteiger partial charge in [-0.05, 0) is 6.07 Å². The predicted octanol–water partition coefficient (Wildman–Crippen LogP) is 2.52. The van der Waals surface area contributed by atoms with Crippen LogP contribution in [0.1, 0.15) is 27.0 Å². The lowest BCUT2D eigenvalue weighted by atomic mass is 9.90. The average Bonchev–Trinajstić information content (AvgIpc) is 2.90. The molecule has 0 fully saturated rings. The number of hydrogen-bond donors (Lipinski definition) is 0. The summed E-state index contributed by atoms with van der Waals surface area (Å²) in [6.45, 7) is 5.45. The lowest BCUT2D eigenvalue weighted by Crippen LogP contribution is -2.34. The second-order valence-electron chi connectivity index (χ2n) is 5.27. The highest BCUT2D eigenvalue weighted by molar-refractivity contribution is 6.30. The first-order valence-electron chi connectivity index (χ1n) is 6.04. The molecular weight excluding hydrogens is 280 g/mol. The van der Waals surface area contributed by atoms with Crippen LogP contribution in [0.5, 0.6) is 5.88 Å². The molecule has 1 unspecified atom stereocenters. The van der Waals surface area contributed by atoms with E-state index in [9.17, 15) is 4.79 Å². The van der Waals surface area contributed by atoms with Gasteiger partial charge in [-0.1, -0.05) is 32.4 Å². The maximum absolute atomic E-state index is 12.5. The number of carbonyl (C=O) groups excluding carboxylic acids is 1. The molecule has 2 rings (SSSR count). The van der Waals surface area contributed by atoms with Gasteiger partial charge in [-0.15, -0.1) is 0 Å². The van der Waals surface area contributed by atoms with Crippen LogP contribution in [0.2, 0.25) is 5.02 Å². The molecule has 0 N–H and O–H groups in total. The molecule has 2 aromatic heterocycles. The molecule has 2 heterocycles. The summed E-state index contributed by atoms with van der Waals surface area (Å²) in [4.78, 5) is 20.3. The molecule has 1 atom stereocenters. The van der Waals surface area contributed by atoms with E-state index in [4.69, 9.17) is 16.3 Å². The summed E-state index contributed by atoms with van der Waals surface area (Å²) in [6, 6.07) is 3.24. The van der Waals surface area contributed by atoms with Gasteiger partial charge in [0.1, 0.15) is 12.7 Å². The van der Waals surface area contributed by atoms with Crippen molar-refractivity contribution in [2.75, 3.05) is 0 Å². The van der Waals surface area contributed by atoms with E-state index in [0.29, 0.717) is 10.9 Å². The number of ether oxygens (including phenoxy) is 1. The summed E-state index contributed by atoms with van der Waals surface area (Å²) in [7, 11) is 0. The first-order chi connectivity index (χ1) is 9.38. The number of ketones is 1. The number of halogens is 1. The Balaban J connectivity index is 2.28. The number of Topliss-reactive ketones (excluding diaryl/α,β-unsaturated/α-hetero) is 1. The standard InChI is InChI=1S/C13H15ClN4O2/c1-13(2,3)11(19)12(18-8-15-7-17-18)20-10-5-4-9(14)6-16-10/h4-8,12H,1-3H3. The first kappa shape index (κ1) is 14.5. The molecule has 6 nitrogen and oxygen atoms in total. The van der Waals surface area contributed by atoms with Crippen LogP contribution in [0, 0.1) is 5.41 Å². The summed E-state index contributed by atoms with van der Waals surface area (Å²) in [5.74, 6) is 0.173. The van der Waals surface area contributed by atoms with Crippen molar-refractivity contribution in [3.05, 3.63) is 36.0 Å². The minimum atomic E-state index is -0.911. The number of aromatic nitrogens is 4. The normalized spacial score (nSPS) is 13.0. The van der Waals surface area contributed by atoms with E-state index in [0.717, 1.165) is 0 Å². The molecule has 2 aromatic rings. The smallest absolute Gasteiger partial charge is 0.253 e. The lowest BCUT2D eigenvalue weighted by molar-refractivity contribution is -0.138. The molecule has 0 aliphatic carbocycles. The molecule has 106 valence electrons. The Bertz CT molecular complexity index is 575. The van der Waals surface area contributed by atoms with Crippen LogP contribution in [0.3, 0.4) is 0 Å². The van der Waals surface area contributed by atoms with Gasteiger partial charge in [-0.3, -0.25) is 4.79 Å². The average molecular weight is 295 g/mol. The second kappa shape index (κ2) is 5.58. The van der Waals surface area contributed by atoms with Crippen molar-refractivity contribution in [3.8, 4) is 5.88 Å². The lowest BCUT2D eigenvalue weighted by Gasteiger charge is -2.24. The van der Waals surface area contributed by atoms with Gasteiger partial charge in [0, 0.05) is 17.7 Å². The second-order valence-corrected chi connectivity index (χ2v) is 5.71. The number of nitrogens with zero attached hydrogens (tertiary/aromatic N) is 4. The fourth-order valence-electron chi connectivity index (χ4n) is 1.48. The fraction of sp³-hybridized carbons (Fsp3) is 0.385. The summed E-state index contributed by atoms with van der Waals surface area (Å²) in [6.07, 6.45) is 3.33. The Morgan fingerprint density at radius 1 is 1.40 bits per heavy atom. The van der Waals surface area contributed by atoms with Crippen molar-refractivity contribution in [1.82, 2.24) is 19.7 Å². The van der Waals surface area contributed by atoms with Crippen molar-refractivity contribution in [2.45, 2.75) is 27.0 Å². The van der Waals surface area contributed by atoms with Gasteiger partial charge in [0.2, 0.25) is 11.7 Å². The summed E-state index contributed by atoms with van der Waals surface area (Å²) < 4.78 is 7.01. The maximum atomic E-state index is 12.5. The number of carbonyl (C=O) groups is 1. The Labute approximate surface area is 121 Å². The van der Waals surface area contributed by atoms with E-state index in [-0.39, 0.29) is 5.78 Å². The SMILES string of the molecule is CC(C)(C)C(=O)C(Oc1ccc(Cl)cn1)n1cncn1. The Morgan fingerprint density at radius 3 is 2.65 bits per heavy atom. The molecule has 0 amide bonds. The summed E-state index contributed by atoms with van der Waals surface area (Å²) in [5, 5.41) is 4.47. The third-order valence-corrected chi connectivity index (χ3v) is 2.80. The van der Waals surface area contributed by atoms with E-state index < -0.39 is 11.6 Å². The molecule has 0 aliphatic rings. The van der Waals surface area contributed by atoms with Crippen LogP contribution in [-0.4, -0.2) is 25.5 Å². The van der Waals surface area contributed by atoms with Crippen molar-refractivity contribution in [3.63, 3.8) is 0 Å². The van der Waals surface area contributed by atoms with E-state index in [1.54, 1.807) is 12.1 Å². The Kier molecular flexibility index (Phi) is 4.04. The number of hydrogen-bond acceptors (Lipinski definition) is 5. The van der Waals surface area contributed by atoms with E-state index in [1.807, 2.05) is 20.8 Å². The zero-order valence-corrected chi connectivity index (χ0v) is 12.2. The van der Waals surface area contributed by atoms with E-state index >= 15 is 0 Å². The van der Waals surface area contributed by atoms with Crippen LogP contribution in [0.4, 0.5) is 0 Å². The third-order valence-electron chi connectivity index (χ3n) is 2.57. The minimum Gasteiger partial charge on any atom is -0.444 e. The van der Waals surface area contributed by atoms with Gasteiger partial charge in [0.05, 0.1) is 5.02 Å². The van der Waals surface area contributed by atoms with E-state index in [2.05, 4.69) is 15.1 Å². The highest BCUT2D eigenvalue weighted by atomic mass is 35.5. The van der Waals surface area contributed by atoms with Gasteiger partial charge in [0.25, 0.3) is 6.23 Å². The van der Waals surface area contributed by atoms with Crippen LogP contribution >= 0.6 is 11.6 Å². The maximum Gasteiger partial charge on any atom is 0.253 e. The van der Waals surface area contributed by atoms with Gasteiger partial charge in [-0.25, -0.2) is 14.6 Å². The quantitative estimate of drug-likeness (QED) is 0.866. The third kappa shape index (κ3) is 3.33. The monoisotopic (exact) mass is 294 g/mol. The zero-order valence-electron chi connectivity index (χ0n) is 11.4. The van der Waals surface area contributed by atoms with Crippen LogP contribution in [-0.2, 0) is 4.79 Å². The fourth-order valence-corrected chi connectivity index (χ4v) is 1.59. The number of rotatable bonds is 4. The minimum absolute atomic E-state index is 0.125. The molecule has 0 aromatic carbocycles. The Hall–Kier alpha value is -1.95. The number of pyridine rings is 1.